The van der Waals surface area contributed by atoms with Gasteiger partial charge in [0.2, 0.25) is 5.91 Å². The van der Waals surface area contributed by atoms with Gasteiger partial charge in [0, 0.05) is 35.7 Å². The van der Waals surface area contributed by atoms with Crippen LogP contribution in [-0.4, -0.2) is 23.9 Å². The lowest BCUT2D eigenvalue weighted by molar-refractivity contribution is -0.115. The molecule has 2 aromatic heterocycles. The monoisotopic (exact) mass is 484 g/mol. The lowest BCUT2D eigenvalue weighted by Crippen LogP contribution is -2.14. The van der Waals surface area contributed by atoms with Crippen LogP contribution in [0.3, 0.4) is 0 Å². The van der Waals surface area contributed by atoms with E-state index in [2.05, 4.69) is 15.0 Å². The van der Waals surface area contributed by atoms with Gasteiger partial charge < -0.3 is 9.88 Å². The number of amides is 1. The van der Waals surface area contributed by atoms with Crippen molar-refractivity contribution in [1.82, 2.24) is 9.55 Å². The molecule has 0 atom stereocenters. The maximum absolute atomic E-state index is 12.4. The molecule has 32 heavy (non-hydrogen) atoms. The third-order valence-corrected chi connectivity index (χ3v) is 8.32. The van der Waals surface area contributed by atoms with Crippen molar-refractivity contribution in [3.63, 3.8) is 0 Å². The quantitative estimate of drug-likeness (QED) is 0.381. The molecule has 0 bridgehead atoms. The van der Waals surface area contributed by atoms with Crippen LogP contribution in [0, 0.1) is 0 Å². The van der Waals surface area contributed by atoms with Crippen molar-refractivity contribution in [3.05, 3.63) is 84.0 Å². The number of nitrogens with one attached hydrogen (secondary N) is 2. The molecule has 0 saturated carbocycles. The average molecular weight is 485 g/mol. The molecule has 7 nitrogen and oxygen atoms in total. The number of aryl methyl sites for hydroxylation is 1. The third kappa shape index (κ3) is 5.58. The number of carbonyl (C=O) groups is 1. The molecule has 0 aliphatic heterocycles. The summed E-state index contributed by atoms with van der Waals surface area (Å²) < 4.78 is 29.3. The normalized spacial score (nSPS) is 11.3. The molecule has 0 aliphatic carbocycles. The number of hydrogen-bond donors (Lipinski definition) is 2. The fourth-order valence-corrected chi connectivity index (χ4v) is 5.72. The molecular formula is C22H20N4O3S3. The van der Waals surface area contributed by atoms with E-state index in [9.17, 15) is 13.2 Å². The Hall–Kier alpha value is -3.08. The summed E-state index contributed by atoms with van der Waals surface area (Å²) >= 11 is 2.70. The summed E-state index contributed by atoms with van der Waals surface area (Å²) in [7, 11) is -1.65. The van der Waals surface area contributed by atoms with Gasteiger partial charge in [0.25, 0.3) is 10.0 Å². The topological polar surface area (TPSA) is 93.1 Å². The van der Waals surface area contributed by atoms with Crippen LogP contribution in [0.25, 0.3) is 0 Å². The molecule has 10 heteroatoms. The minimum atomic E-state index is -3.59. The fraction of sp³-hybridized carbons (Fsp3) is 0.0909. The van der Waals surface area contributed by atoms with Crippen molar-refractivity contribution >= 4 is 50.4 Å². The summed E-state index contributed by atoms with van der Waals surface area (Å²) in [6.07, 6.45) is 3.83. The van der Waals surface area contributed by atoms with Gasteiger partial charge in [0.05, 0.1) is 6.42 Å². The molecule has 0 fully saturated rings. The number of benzene rings is 2. The lowest BCUT2D eigenvalue weighted by atomic mass is 10.1. The Kier molecular flexibility index (Phi) is 6.63. The van der Waals surface area contributed by atoms with Crippen molar-refractivity contribution in [1.29, 1.82) is 0 Å². The zero-order valence-electron chi connectivity index (χ0n) is 17.1. The highest BCUT2D eigenvalue weighted by Crippen LogP contribution is 2.27. The molecule has 4 aromatic rings. The largest absolute Gasteiger partial charge is 0.329 e. The van der Waals surface area contributed by atoms with Crippen LogP contribution >= 0.6 is 23.1 Å². The zero-order chi connectivity index (χ0) is 22.6. The first-order valence-electron chi connectivity index (χ1n) is 9.59. The third-order valence-electron chi connectivity index (χ3n) is 4.45. The summed E-state index contributed by atoms with van der Waals surface area (Å²) in [5.74, 6) is -0.151. The van der Waals surface area contributed by atoms with E-state index < -0.39 is 10.0 Å². The molecule has 0 radical (unpaired) electrons. The van der Waals surface area contributed by atoms with Crippen LogP contribution in [0.4, 0.5) is 11.4 Å². The van der Waals surface area contributed by atoms with Crippen molar-refractivity contribution < 1.29 is 13.2 Å². The van der Waals surface area contributed by atoms with Crippen LogP contribution < -0.4 is 10.0 Å². The van der Waals surface area contributed by atoms with Crippen LogP contribution in [0.15, 0.2) is 92.7 Å². The van der Waals surface area contributed by atoms with Crippen LogP contribution in [0.1, 0.15) is 5.56 Å². The van der Waals surface area contributed by atoms with E-state index in [0.717, 1.165) is 27.0 Å². The van der Waals surface area contributed by atoms with E-state index in [0.29, 0.717) is 11.4 Å². The molecule has 0 unspecified atom stereocenters. The number of rotatable bonds is 8. The van der Waals surface area contributed by atoms with Gasteiger partial charge in [0.15, 0.2) is 5.16 Å². The molecule has 2 heterocycles. The Morgan fingerprint density at radius 2 is 1.78 bits per heavy atom. The summed E-state index contributed by atoms with van der Waals surface area (Å²) in [6.45, 7) is 0. The summed E-state index contributed by atoms with van der Waals surface area (Å²) in [4.78, 5) is 17.7. The Morgan fingerprint density at radius 3 is 2.41 bits per heavy atom. The lowest BCUT2D eigenvalue weighted by Gasteiger charge is -2.09. The number of aromatic nitrogens is 2. The molecule has 1 amide bonds. The number of hydrogen-bond acceptors (Lipinski definition) is 6. The highest BCUT2D eigenvalue weighted by Gasteiger charge is 2.15. The van der Waals surface area contributed by atoms with Gasteiger partial charge in [-0.3, -0.25) is 9.52 Å². The molecule has 0 saturated heterocycles. The van der Waals surface area contributed by atoms with E-state index in [1.807, 2.05) is 42.1 Å². The van der Waals surface area contributed by atoms with Crippen molar-refractivity contribution in [2.75, 3.05) is 10.0 Å². The van der Waals surface area contributed by atoms with Crippen LogP contribution in [-0.2, 0) is 28.3 Å². The first-order valence-corrected chi connectivity index (χ1v) is 12.8. The second-order valence-corrected chi connectivity index (χ2v) is 10.8. The Bertz CT molecular complexity index is 1300. The van der Waals surface area contributed by atoms with Crippen molar-refractivity contribution in [2.24, 2.45) is 7.05 Å². The standard InChI is InChI=1S/C22H20N4O3S3/c1-26-13-12-23-22(26)31-19-10-8-17(9-11-19)24-20(27)15-16-4-6-18(7-5-16)25-32(28,29)21-3-2-14-30-21/h2-14,25H,15H2,1H3,(H,24,27). The SMILES string of the molecule is Cn1ccnc1Sc1ccc(NC(=O)Cc2ccc(NS(=O)(=O)c3cccs3)cc2)cc1. The number of imidazole rings is 1. The van der Waals surface area contributed by atoms with Gasteiger partial charge in [-0.25, -0.2) is 13.4 Å². The molecular weight excluding hydrogens is 464 g/mol. The molecule has 164 valence electrons. The highest BCUT2D eigenvalue weighted by molar-refractivity contribution is 7.99. The number of sulfonamides is 1. The predicted octanol–water partition coefficient (Wildman–Crippen LogP) is 4.61. The Morgan fingerprint density at radius 1 is 1.06 bits per heavy atom. The predicted molar refractivity (Wildman–Crippen MR) is 128 cm³/mol. The van der Waals surface area contributed by atoms with Gasteiger partial charge in [-0.15, -0.1) is 11.3 Å². The first kappa shape index (κ1) is 22.1. The Labute approximate surface area is 194 Å². The maximum atomic E-state index is 12.4. The van der Waals surface area contributed by atoms with Gasteiger partial charge in [-0.05, 0) is 53.4 Å². The highest BCUT2D eigenvalue weighted by atomic mass is 32.2. The van der Waals surface area contributed by atoms with Crippen molar-refractivity contribution in [3.8, 4) is 0 Å². The van der Waals surface area contributed by atoms with Crippen LogP contribution in [0.5, 0.6) is 0 Å². The molecule has 4 rings (SSSR count). The van der Waals surface area contributed by atoms with Gasteiger partial charge in [-0.1, -0.05) is 30.0 Å². The zero-order valence-corrected chi connectivity index (χ0v) is 19.5. The minimum Gasteiger partial charge on any atom is -0.329 e. The summed E-state index contributed by atoms with van der Waals surface area (Å²) in [5.41, 5.74) is 1.94. The summed E-state index contributed by atoms with van der Waals surface area (Å²) in [6, 6.07) is 17.6. The van der Waals surface area contributed by atoms with E-state index in [1.165, 1.54) is 0 Å². The van der Waals surface area contributed by atoms with E-state index >= 15 is 0 Å². The molecule has 0 spiro atoms. The van der Waals surface area contributed by atoms with Gasteiger partial charge in [0.1, 0.15) is 4.21 Å². The maximum Gasteiger partial charge on any atom is 0.271 e. The van der Waals surface area contributed by atoms with E-state index in [4.69, 9.17) is 0 Å². The van der Waals surface area contributed by atoms with E-state index in [1.54, 1.807) is 59.7 Å². The second-order valence-electron chi connectivity index (χ2n) is 6.91. The van der Waals surface area contributed by atoms with Crippen LogP contribution in [0.2, 0.25) is 0 Å². The van der Waals surface area contributed by atoms with Gasteiger partial charge >= 0.3 is 0 Å². The first-order chi connectivity index (χ1) is 15.4. The summed E-state index contributed by atoms with van der Waals surface area (Å²) in [5, 5.41) is 5.48. The fourth-order valence-electron chi connectivity index (χ4n) is 2.87. The number of anilines is 2. The molecule has 0 aliphatic rings. The second kappa shape index (κ2) is 9.60. The Balaban J connectivity index is 1.31. The average Bonchev–Trinajstić information content (AvgIpc) is 3.44. The number of carbonyl (C=O) groups excluding carboxylic acids is 1. The van der Waals surface area contributed by atoms with Crippen molar-refractivity contribution in [2.45, 2.75) is 20.7 Å². The minimum absolute atomic E-state index is 0.151. The smallest absolute Gasteiger partial charge is 0.271 e. The number of nitrogens with zero attached hydrogens (tertiary/aromatic N) is 2. The molecule has 2 aromatic carbocycles. The van der Waals surface area contributed by atoms with Gasteiger partial charge in [-0.2, -0.15) is 0 Å². The molecule has 2 N–H and O–H groups in total. The van der Waals surface area contributed by atoms with E-state index in [-0.39, 0.29) is 16.5 Å². The number of thiophene rings is 1.